The zero-order valence-electron chi connectivity index (χ0n) is 10.4. The fourth-order valence-corrected chi connectivity index (χ4v) is 1.52. The molecule has 1 unspecified atom stereocenters. The molecule has 0 aromatic carbocycles. The number of furan rings is 1. The van der Waals surface area contributed by atoms with Crippen LogP contribution in [0, 0.1) is 0 Å². The molecule has 0 radical (unpaired) electrons. The summed E-state index contributed by atoms with van der Waals surface area (Å²) in [5.41, 5.74) is 0. The summed E-state index contributed by atoms with van der Waals surface area (Å²) in [7, 11) is 0. The Kier molecular flexibility index (Phi) is 6.93. The van der Waals surface area contributed by atoms with Crippen LogP contribution in [0.25, 0.3) is 0 Å². The van der Waals surface area contributed by atoms with Crippen molar-refractivity contribution in [2.45, 2.75) is 45.8 Å². The molecule has 0 saturated carbocycles. The number of rotatable bonds is 9. The molecule has 0 fully saturated rings. The molecule has 0 saturated heterocycles. The summed E-state index contributed by atoms with van der Waals surface area (Å²) in [5.74, 6) is 0.899. The highest BCUT2D eigenvalue weighted by atomic mass is 16.5. The molecule has 0 spiro atoms. The molecule has 16 heavy (non-hydrogen) atoms. The summed E-state index contributed by atoms with van der Waals surface area (Å²) in [6.07, 6.45) is 5.44. The van der Waals surface area contributed by atoms with Crippen LogP contribution in [-0.2, 0) is 11.3 Å². The zero-order chi connectivity index (χ0) is 11.6. The SMILES string of the molecule is CCCNCCCC(C)OCc1ccco1. The molecule has 0 bridgehead atoms. The fourth-order valence-electron chi connectivity index (χ4n) is 1.52. The second kappa shape index (κ2) is 8.36. The lowest BCUT2D eigenvalue weighted by molar-refractivity contribution is 0.0365. The molecule has 1 atom stereocenters. The summed E-state index contributed by atoms with van der Waals surface area (Å²) in [6, 6.07) is 3.83. The Labute approximate surface area is 98.2 Å². The van der Waals surface area contributed by atoms with Gasteiger partial charge in [0, 0.05) is 0 Å². The third-order valence-corrected chi connectivity index (χ3v) is 2.48. The molecule has 1 aromatic rings. The van der Waals surface area contributed by atoms with Gasteiger partial charge in [-0.2, -0.15) is 0 Å². The van der Waals surface area contributed by atoms with E-state index in [-0.39, 0.29) is 0 Å². The van der Waals surface area contributed by atoms with Crippen LogP contribution in [-0.4, -0.2) is 19.2 Å². The van der Waals surface area contributed by atoms with Gasteiger partial charge in [0.2, 0.25) is 0 Å². The first-order valence-electron chi connectivity index (χ1n) is 6.17. The van der Waals surface area contributed by atoms with E-state index in [1.807, 2.05) is 12.1 Å². The normalized spacial score (nSPS) is 12.9. The maximum atomic E-state index is 5.67. The molecular formula is C13H23NO2. The average Bonchev–Trinajstić information content (AvgIpc) is 2.79. The van der Waals surface area contributed by atoms with Gasteiger partial charge in [0.1, 0.15) is 12.4 Å². The van der Waals surface area contributed by atoms with Crippen LogP contribution in [0.15, 0.2) is 22.8 Å². The van der Waals surface area contributed by atoms with E-state index in [4.69, 9.17) is 9.15 Å². The van der Waals surface area contributed by atoms with Crippen LogP contribution < -0.4 is 5.32 Å². The summed E-state index contributed by atoms with van der Waals surface area (Å²) >= 11 is 0. The van der Waals surface area contributed by atoms with Crippen molar-refractivity contribution in [3.8, 4) is 0 Å². The van der Waals surface area contributed by atoms with Crippen LogP contribution >= 0.6 is 0 Å². The van der Waals surface area contributed by atoms with Gasteiger partial charge in [0.25, 0.3) is 0 Å². The lowest BCUT2D eigenvalue weighted by Gasteiger charge is -2.12. The van der Waals surface area contributed by atoms with E-state index in [0.29, 0.717) is 12.7 Å². The highest BCUT2D eigenvalue weighted by Gasteiger charge is 2.03. The number of hydrogen-bond acceptors (Lipinski definition) is 3. The highest BCUT2D eigenvalue weighted by molar-refractivity contribution is 4.96. The number of nitrogens with one attached hydrogen (secondary N) is 1. The average molecular weight is 225 g/mol. The maximum Gasteiger partial charge on any atom is 0.129 e. The van der Waals surface area contributed by atoms with Crippen molar-refractivity contribution in [2.75, 3.05) is 13.1 Å². The summed E-state index contributed by atoms with van der Waals surface area (Å²) < 4.78 is 10.9. The molecular weight excluding hydrogens is 202 g/mol. The van der Waals surface area contributed by atoms with E-state index in [0.717, 1.165) is 25.3 Å². The maximum absolute atomic E-state index is 5.67. The molecule has 1 heterocycles. The van der Waals surface area contributed by atoms with E-state index in [1.165, 1.54) is 12.8 Å². The highest BCUT2D eigenvalue weighted by Crippen LogP contribution is 2.07. The minimum absolute atomic E-state index is 0.300. The van der Waals surface area contributed by atoms with Crippen molar-refractivity contribution in [1.82, 2.24) is 5.32 Å². The second-order valence-electron chi connectivity index (χ2n) is 4.09. The molecule has 3 heteroatoms. The van der Waals surface area contributed by atoms with Gasteiger partial charge in [-0.25, -0.2) is 0 Å². The van der Waals surface area contributed by atoms with Gasteiger partial charge in [-0.1, -0.05) is 6.92 Å². The third kappa shape index (κ3) is 5.93. The predicted octanol–water partition coefficient (Wildman–Crippen LogP) is 2.96. The first-order chi connectivity index (χ1) is 7.83. The van der Waals surface area contributed by atoms with Crippen molar-refractivity contribution in [2.24, 2.45) is 0 Å². The van der Waals surface area contributed by atoms with Crippen molar-refractivity contribution in [3.63, 3.8) is 0 Å². The van der Waals surface area contributed by atoms with E-state index >= 15 is 0 Å². The van der Waals surface area contributed by atoms with Crippen LogP contribution in [0.1, 0.15) is 38.9 Å². The largest absolute Gasteiger partial charge is 0.467 e. The lowest BCUT2D eigenvalue weighted by atomic mass is 10.2. The smallest absolute Gasteiger partial charge is 0.129 e. The minimum atomic E-state index is 0.300. The first kappa shape index (κ1) is 13.3. The van der Waals surface area contributed by atoms with Crippen LogP contribution in [0.5, 0.6) is 0 Å². The van der Waals surface area contributed by atoms with Gasteiger partial charge >= 0.3 is 0 Å². The van der Waals surface area contributed by atoms with Gasteiger partial charge in [-0.15, -0.1) is 0 Å². The number of ether oxygens (including phenoxy) is 1. The summed E-state index contributed by atoms with van der Waals surface area (Å²) in [6.45, 7) is 7.07. The predicted molar refractivity (Wildman–Crippen MR) is 65.4 cm³/mol. The molecule has 1 rings (SSSR count). The fraction of sp³-hybridized carbons (Fsp3) is 0.692. The zero-order valence-corrected chi connectivity index (χ0v) is 10.4. The van der Waals surface area contributed by atoms with E-state index in [2.05, 4.69) is 19.2 Å². The monoisotopic (exact) mass is 225 g/mol. The summed E-state index contributed by atoms with van der Waals surface area (Å²) in [5, 5.41) is 3.39. The molecule has 1 N–H and O–H groups in total. The Hall–Kier alpha value is -0.800. The molecule has 3 nitrogen and oxygen atoms in total. The molecule has 0 aliphatic rings. The Balaban J connectivity index is 1.96. The quantitative estimate of drug-likeness (QED) is 0.656. The van der Waals surface area contributed by atoms with Gasteiger partial charge in [-0.3, -0.25) is 0 Å². The van der Waals surface area contributed by atoms with Crippen molar-refractivity contribution in [3.05, 3.63) is 24.2 Å². The molecule has 0 amide bonds. The van der Waals surface area contributed by atoms with Crippen LogP contribution in [0.3, 0.4) is 0 Å². The van der Waals surface area contributed by atoms with E-state index in [9.17, 15) is 0 Å². The Morgan fingerprint density at radius 3 is 3.00 bits per heavy atom. The van der Waals surface area contributed by atoms with Crippen LogP contribution in [0.2, 0.25) is 0 Å². The standard InChI is InChI=1S/C13H23NO2/c1-3-8-14-9-4-6-12(2)16-11-13-7-5-10-15-13/h5,7,10,12,14H,3-4,6,8-9,11H2,1-2H3. The summed E-state index contributed by atoms with van der Waals surface area (Å²) in [4.78, 5) is 0. The van der Waals surface area contributed by atoms with E-state index < -0.39 is 0 Å². The molecule has 0 aliphatic heterocycles. The molecule has 1 aromatic heterocycles. The van der Waals surface area contributed by atoms with E-state index in [1.54, 1.807) is 6.26 Å². The van der Waals surface area contributed by atoms with Crippen LogP contribution in [0.4, 0.5) is 0 Å². The molecule has 0 aliphatic carbocycles. The topological polar surface area (TPSA) is 34.4 Å². The number of hydrogen-bond donors (Lipinski definition) is 1. The van der Waals surface area contributed by atoms with Gasteiger partial charge < -0.3 is 14.5 Å². The van der Waals surface area contributed by atoms with Gasteiger partial charge in [0.15, 0.2) is 0 Å². The first-order valence-corrected chi connectivity index (χ1v) is 6.17. The van der Waals surface area contributed by atoms with Crippen molar-refractivity contribution < 1.29 is 9.15 Å². The van der Waals surface area contributed by atoms with Gasteiger partial charge in [0.05, 0.1) is 12.4 Å². The van der Waals surface area contributed by atoms with Gasteiger partial charge in [-0.05, 0) is 51.4 Å². The minimum Gasteiger partial charge on any atom is -0.467 e. The molecule has 92 valence electrons. The second-order valence-corrected chi connectivity index (χ2v) is 4.09. The lowest BCUT2D eigenvalue weighted by Crippen LogP contribution is -2.18. The van der Waals surface area contributed by atoms with Crippen molar-refractivity contribution in [1.29, 1.82) is 0 Å². The Bertz CT molecular complexity index is 246. The Morgan fingerprint density at radius 1 is 1.44 bits per heavy atom. The third-order valence-electron chi connectivity index (χ3n) is 2.48. The Morgan fingerprint density at radius 2 is 2.31 bits per heavy atom. The van der Waals surface area contributed by atoms with Crippen molar-refractivity contribution >= 4 is 0 Å².